The molecule has 1 N–H and O–H groups in total. The van der Waals surface area contributed by atoms with Gasteiger partial charge in [0.05, 0.1) is 0 Å². The van der Waals surface area contributed by atoms with Crippen molar-refractivity contribution in [2.24, 2.45) is 5.92 Å². The van der Waals surface area contributed by atoms with Gasteiger partial charge in [0.15, 0.2) is 12.0 Å². The minimum Gasteiger partial charge on any atom is -0.453 e. The Balaban J connectivity index is 1.51. The van der Waals surface area contributed by atoms with Gasteiger partial charge in [-0.05, 0) is 43.5 Å². The van der Waals surface area contributed by atoms with Gasteiger partial charge in [0.25, 0.3) is 5.91 Å². The van der Waals surface area contributed by atoms with Crippen LogP contribution in [0.4, 0.5) is 0 Å². The summed E-state index contributed by atoms with van der Waals surface area (Å²) in [4.78, 5) is 25.6. The Morgan fingerprint density at radius 2 is 2.23 bits per heavy atom. The highest BCUT2D eigenvalue weighted by atomic mass is 16.3. The SMILES string of the molecule is O=Cc1cc2ccc(C(=O)NC3CC4CCN(C4)C3)cc2o1. The van der Waals surface area contributed by atoms with Gasteiger partial charge in [-0.3, -0.25) is 9.59 Å². The van der Waals surface area contributed by atoms with Crippen LogP contribution in [-0.2, 0) is 0 Å². The smallest absolute Gasteiger partial charge is 0.251 e. The van der Waals surface area contributed by atoms with E-state index in [1.54, 1.807) is 18.2 Å². The van der Waals surface area contributed by atoms with Crippen LogP contribution < -0.4 is 5.32 Å². The molecule has 3 unspecified atom stereocenters. The number of fused-ring (bicyclic) bond motifs is 3. The third-order valence-electron chi connectivity index (χ3n) is 4.72. The molecule has 3 atom stereocenters. The molecule has 0 radical (unpaired) electrons. The van der Waals surface area contributed by atoms with Crippen molar-refractivity contribution in [1.82, 2.24) is 10.2 Å². The Bertz CT molecular complexity index is 725. The molecule has 2 fully saturated rings. The number of nitrogens with one attached hydrogen (secondary N) is 1. The zero-order valence-electron chi connectivity index (χ0n) is 12.2. The highest BCUT2D eigenvalue weighted by Crippen LogP contribution is 2.27. The van der Waals surface area contributed by atoms with Gasteiger partial charge >= 0.3 is 0 Å². The quantitative estimate of drug-likeness (QED) is 0.881. The molecule has 1 aromatic heterocycles. The van der Waals surface area contributed by atoms with E-state index < -0.39 is 0 Å². The van der Waals surface area contributed by atoms with Crippen LogP contribution in [0.15, 0.2) is 28.7 Å². The van der Waals surface area contributed by atoms with E-state index in [-0.39, 0.29) is 17.7 Å². The lowest BCUT2D eigenvalue weighted by molar-refractivity contribution is 0.0909. The van der Waals surface area contributed by atoms with Crippen molar-refractivity contribution in [3.8, 4) is 0 Å². The number of benzene rings is 1. The van der Waals surface area contributed by atoms with Crippen LogP contribution in [0.3, 0.4) is 0 Å². The summed E-state index contributed by atoms with van der Waals surface area (Å²) in [5, 5.41) is 3.96. The fourth-order valence-corrected chi connectivity index (χ4v) is 3.68. The summed E-state index contributed by atoms with van der Waals surface area (Å²) in [7, 11) is 0. The lowest BCUT2D eigenvalue weighted by Gasteiger charge is -2.30. The van der Waals surface area contributed by atoms with Crippen LogP contribution in [-0.4, -0.2) is 42.8 Å². The largest absolute Gasteiger partial charge is 0.453 e. The Hall–Kier alpha value is -2.14. The van der Waals surface area contributed by atoms with E-state index in [1.807, 2.05) is 6.07 Å². The van der Waals surface area contributed by atoms with E-state index in [0.717, 1.165) is 30.8 Å². The molecule has 0 aliphatic carbocycles. The van der Waals surface area contributed by atoms with Gasteiger partial charge in [-0.25, -0.2) is 0 Å². The van der Waals surface area contributed by atoms with E-state index >= 15 is 0 Å². The molecule has 0 spiro atoms. The molecule has 3 heterocycles. The van der Waals surface area contributed by atoms with Gasteiger partial charge in [-0.1, -0.05) is 6.07 Å². The van der Waals surface area contributed by atoms with Gasteiger partial charge in [-0.2, -0.15) is 0 Å². The highest BCUT2D eigenvalue weighted by molar-refractivity contribution is 5.98. The summed E-state index contributed by atoms with van der Waals surface area (Å²) in [6.07, 6.45) is 2.99. The maximum absolute atomic E-state index is 12.4. The van der Waals surface area contributed by atoms with Crippen LogP contribution >= 0.6 is 0 Å². The third kappa shape index (κ3) is 2.41. The molecule has 4 rings (SSSR count). The number of carbonyl (C=O) groups is 2. The predicted octanol–water partition coefficient (Wildman–Crippen LogP) is 2.07. The number of piperidine rings is 1. The molecular formula is C17H18N2O3. The van der Waals surface area contributed by atoms with Gasteiger partial charge in [-0.15, -0.1) is 0 Å². The summed E-state index contributed by atoms with van der Waals surface area (Å²) in [6.45, 7) is 3.28. The Morgan fingerprint density at radius 1 is 1.32 bits per heavy atom. The molecular weight excluding hydrogens is 280 g/mol. The van der Waals surface area contributed by atoms with Crippen molar-refractivity contribution in [2.45, 2.75) is 18.9 Å². The first kappa shape index (κ1) is 13.5. The number of furan rings is 1. The van der Waals surface area contributed by atoms with Gasteiger partial charge < -0.3 is 14.6 Å². The molecule has 1 aromatic carbocycles. The molecule has 114 valence electrons. The van der Waals surface area contributed by atoms with Gasteiger partial charge in [0.2, 0.25) is 0 Å². The standard InChI is InChI=1S/C17H18N2O3/c20-10-15-6-12-1-2-13(7-16(12)22-15)17(21)18-14-5-11-3-4-19(8-11)9-14/h1-2,6-7,10-11,14H,3-5,8-9H2,(H,18,21). The average Bonchev–Trinajstić information content (AvgIpc) is 3.09. The zero-order valence-corrected chi connectivity index (χ0v) is 12.2. The fraction of sp³-hybridized carbons (Fsp3) is 0.412. The van der Waals surface area contributed by atoms with Gasteiger partial charge in [0, 0.05) is 30.1 Å². The van der Waals surface area contributed by atoms with E-state index in [9.17, 15) is 9.59 Å². The topological polar surface area (TPSA) is 62.6 Å². The molecule has 2 saturated heterocycles. The molecule has 2 aliphatic heterocycles. The van der Waals surface area contributed by atoms with Crippen molar-refractivity contribution in [2.75, 3.05) is 19.6 Å². The number of hydrogen-bond acceptors (Lipinski definition) is 4. The molecule has 5 nitrogen and oxygen atoms in total. The molecule has 2 aliphatic rings. The molecule has 22 heavy (non-hydrogen) atoms. The van der Waals surface area contributed by atoms with Crippen LogP contribution in [0.25, 0.3) is 11.0 Å². The maximum Gasteiger partial charge on any atom is 0.251 e. The number of amides is 1. The van der Waals surface area contributed by atoms with Crippen molar-refractivity contribution in [1.29, 1.82) is 0 Å². The Morgan fingerprint density at radius 3 is 3.05 bits per heavy atom. The first-order valence-corrected chi connectivity index (χ1v) is 7.73. The zero-order chi connectivity index (χ0) is 15.1. The molecule has 1 amide bonds. The summed E-state index contributed by atoms with van der Waals surface area (Å²) in [6, 6.07) is 7.20. The van der Waals surface area contributed by atoms with Gasteiger partial charge in [0.1, 0.15) is 5.58 Å². The number of aldehydes is 1. The van der Waals surface area contributed by atoms with Crippen LogP contribution in [0.5, 0.6) is 0 Å². The fourth-order valence-electron chi connectivity index (χ4n) is 3.68. The number of hydrogen-bond donors (Lipinski definition) is 1. The lowest BCUT2D eigenvalue weighted by Crippen LogP contribution is -2.47. The lowest BCUT2D eigenvalue weighted by atomic mass is 9.96. The maximum atomic E-state index is 12.4. The second kappa shape index (κ2) is 5.25. The summed E-state index contributed by atoms with van der Waals surface area (Å²) in [5.41, 5.74) is 1.15. The second-order valence-corrected chi connectivity index (χ2v) is 6.34. The van der Waals surface area contributed by atoms with Crippen molar-refractivity contribution in [3.05, 3.63) is 35.6 Å². The second-order valence-electron chi connectivity index (χ2n) is 6.34. The third-order valence-corrected chi connectivity index (χ3v) is 4.72. The van der Waals surface area contributed by atoms with Crippen molar-refractivity contribution < 1.29 is 14.0 Å². The first-order valence-electron chi connectivity index (χ1n) is 7.73. The summed E-state index contributed by atoms with van der Waals surface area (Å²) < 4.78 is 5.39. The van der Waals surface area contributed by atoms with Crippen LogP contribution in [0.1, 0.15) is 33.8 Å². The van der Waals surface area contributed by atoms with E-state index in [1.165, 1.54) is 13.0 Å². The monoisotopic (exact) mass is 298 g/mol. The molecule has 0 saturated carbocycles. The van der Waals surface area contributed by atoms with E-state index in [0.29, 0.717) is 17.4 Å². The van der Waals surface area contributed by atoms with Crippen molar-refractivity contribution >= 4 is 23.2 Å². The Kier molecular flexibility index (Phi) is 3.22. The number of carbonyl (C=O) groups excluding carboxylic acids is 2. The average molecular weight is 298 g/mol. The van der Waals surface area contributed by atoms with Crippen LogP contribution in [0, 0.1) is 5.92 Å². The first-order chi connectivity index (χ1) is 10.7. The highest BCUT2D eigenvalue weighted by Gasteiger charge is 2.32. The van der Waals surface area contributed by atoms with E-state index in [4.69, 9.17) is 4.42 Å². The molecule has 5 heteroatoms. The molecule has 2 aromatic rings. The summed E-state index contributed by atoms with van der Waals surface area (Å²) >= 11 is 0. The number of rotatable bonds is 3. The van der Waals surface area contributed by atoms with E-state index in [2.05, 4.69) is 10.2 Å². The van der Waals surface area contributed by atoms with Crippen LogP contribution in [0.2, 0.25) is 0 Å². The minimum absolute atomic E-state index is 0.0709. The van der Waals surface area contributed by atoms with Crippen molar-refractivity contribution in [3.63, 3.8) is 0 Å². The number of nitrogens with zero attached hydrogens (tertiary/aromatic N) is 1. The normalized spacial score (nSPS) is 27.0. The minimum atomic E-state index is -0.0709. The molecule has 2 bridgehead atoms. The Labute approximate surface area is 128 Å². The predicted molar refractivity (Wildman–Crippen MR) is 82.0 cm³/mol. The summed E-state index contributed by atoms with van der Waals surface area (Å²) in [5.74, 6) is 0.935.